The predicted molar refractivity (Wildman–Crippen MR) is 188 cm³/mol. The van der Waals surface area contributed by atoms with Crippen molar-refractivity contribution >= 4 is 30.6 Å². The summed E-state index contributed by atoms with van der Waals surface area (Å²) >= 11 is 9.82. The van der Waals surface area contributed by atoms with Gasteiger partial charge in [-0.2, -0.15) is 0 Å². The van der Waals surface area contributed by atoms with Crippen molar-refractivity contribution in [1.29, 1.82) is 0 Å². The third kappa shape index (κ3) is 25.2. The van der Waals surface area contributed by atoms with Crippen LogP contribution in [0.15, 0.2) is 18.2 Å². The van der Waals surface area contributed by atoms with E-state index in [2.05, 4.69) is 26.0 Å². The maximum Gasteiger partial charge on any atom is 0.170 e. The first-order valence-corrected chi connectivity index (χ1v) is 21.4. The standard InChI is InChI=1S/C36H67O2PS2/c1-3-5-7-9-11-13-15-17-19-21-23-25-27-29-34-31-32-36(38-39(37,40)41)35(33-34)30-28-26-24-22-20-18-16-14-12-10-8-6-4-2/h31-33H,3-30H2,1-2H3,(H2,37,40,41)/p-2. The first-order chi connectivity index (χ1) is 20.0. The Hall–Kier alpha value is 0.110. The van der Waals surface area contributed by atoms with Gasteiger partial charge in [0.05, 0.1) is 0 Å². The topological polar surface area (TPSA) is 32.3 Å². The minimum atomic E-state index is -3.39. The number of benzene rings is 1. The van der Waals surface area contributed by atoms with Crippen molar-refractivity contribution in [2.75, 3.05) is 0 Å². The van der Waals surface area contributed by atoms with Crippen LogP contribution in [0.25, 0.3) is 0 Å². The smallest absolute Gasteiger partial charge is 0.170 e. The Kier molecular flexibility index (Phi) is 26.4. The van der Waals surface area contributed by atoms with Crippen LogP contribution in [0.1, 0.15) is 192 Å². The van der Waals surface area contributed by atoms with Gasteiger partial charge in [0.15, 0.2) is 5.75 Å². The summed E-state index contributed by atoms with van der Waals surface area (Å²) in [6.07, 6.45) is 34.2. The largest absolute Gasteiger partial charge is 0.682 e. The summed E-state index contributed by atoms with van der Waals surface area (Å²) in [6.45, 7) is 4.57. The Morgan fingerprint density at radius 3 is 1.22 bits per heavy atom. The Balaban J connectivity index is 2.21. The molecule has 0 radical (unpaired) electrons. The van der Waals surface area contributed by atoms with Crippen molar-refractivity contribution in [3.63, 3.8) is 0 Å². The van der Waals surface area contributed by atoms with Crippen LogP contribution in [0, 0.1) is 0 Å². The molecule has 41 heavy (non-hydrogen) atoms. The fourth-order valence-corrected chi connectivity index (χ4v) is 6.77. The van der Waals surface area contributed by atoms with Gasteiger partial charge in [-0.3, -0.25) is 0 Å². The van der Waals surface area contributed by atoms with Crippen molar-refractivity contribution in [1.82, 2.24) is 0 Å². The summed E-state index contributed by atoms with van der Waals surface area (Å²) in [4.78, 5) is 12.0. The molecule has 0 atom stereocenters. The quantitative estimate of drug-likeness (QED) is 0.0484. The number of unbranched alkanes of at least 4 members (excludes halogenated alkanes) is 24. The SMILES string of the molecule is CCCCCCCCCCCCCCCc1ccc(O[P+]([O-])([S-])[S-])c(CCCCCCCCCCCCCCC)c1. The second-order valence-electron chi connectivity index (χ2n) is 12.5. The molecule has 0 spiro atoms. The highest BCUT2D eigenvalue weighted by atomic mass is 33.1. The molecule has 2 nitrogen and oxygen atoms in total. The van der Waals surface area contributed by atoms with E-state index in [0.29, 0.717) is 5.75 Å². The van der Waals surface area contributed by atoms with E-state index in [0.717, 1.165) is 24.8 Å². The molecular weight excluding hydrogens is 560 g/mol. The average Bonchev–Trinajstić information content (AvgIpc) is 2.94. The zero-order valence-electron chi connectivity index (χ0n) is 27.1. The monoisotopic (exact) mass is 624 g/mol. The number of hydrogen-bond donors (Lipinski definition) is 0. The van der Waals surface area contributed by atoms with E-state index in [1.54, 1.807) is 0 Å². The van der Waals surface area contributed by atoms with Crippen LogP contribution in [0.3, 0.4) is 0 Å². The van der Waals surface area contributed by atoms with Crippen LogP contribution in [0.5, 0.6) is 5.75 Å². The lowest BCUT2D eigenvalue weighted by atomic mass is 9.99. The molecule has 0 aliphatic rings. The molecule has 0 saturated carbocycles. The third-order valence-electron chi connectivity index (χ3n) is 8.45. The molecule has 0 aliphatic heterocycles. The third-order valence-corrected chi connectivity index (χ3v) is 9.32. The van der Waals surface area contributed by atoms with Gasteiger partial charge in [0.1, 0.15) is 0 Å². The van der Waals surface area contributed by atoms with E-state index in [1.807, 2.05) is 6.07 Å². The highest BCUT2D eigenvalue weighted by molar-refractivity contribution is 8.69. The second kappa shape index (κ2) is 27.6. The minimum Gasteiger partial charge on any atom is -0.682 e. The highest BCUT2D eigenvalue weighted by Crippen LogP contribution is 2.47. The molecule has 240 valence electrons. The summed E-state index contributed by atoms with van der Waals surface area (Å²) in [5.41, 5.74) is 2.49. The lowest BCUT2D eigenvalue weighted by molar-refractivity contribution is -0.169. The Morgan fingerprint density at radius 2 is 0.854 bits per heavy atom. The number of hydrogen-bond acceptors (Lipinski definition) is 4. The summed E-state index contributed by atoms with van der Waals surface area (Å²) in [5.74, 6) is 0.645. The lowest BCUT2D eigenvalue weighted by Crippen LogP contribution is -2.10. The van der Waals surface area contributed by atoms with Gasteiger partial charge in [0.2, 0.25) is 0 Å². The highest BCUT2D eigenvalue weighted by Gasteiger charge is 2.09. The second-order valence-corrected chi connectivity index (χ2v) is 17.1. The van der Waals surface area contributed by atoms with Crippen molar-refractivity contribution in [3.8, 4) is 5.75 Å². The van der Waals surface area contributed by atoms with Gasteiger partial charge in [-0.05, 0) is 42.9 Å². The van der Waals surface area contributed by atoms with Gasteiger partial charge >= 0.3 is 0 Å². The molecule has 0 N–H and O–H groups in total. The van der Waals surface area contributed by atoms with Crippen molar-refractivity contribution < 1.29 is 9.42 Å². The lowest BCUT2D eigenvalue weighted by Gasteiger charge is -2.42. The van der Waals surface area contributed by atoms with Gasteiger partial charge in [-0.1, -0.05) is 180 Å². The Labute approximate surface area is 267 Å². The van der Waals surface area contributed by atoms with Gasteiger partial charge < -0.3 is 33.9 Å². The molecule has 0 heterocycles. The van der Waals surface area contributed by atoms with Gasteiger partial charge in [0.25, 0.3) is 0 Å². The van der Waals surface area contributed by atoms with E-state index >= 15 is 0 Å². The molecule has 5 heteroatoms. The fourth-order valence-electron chi connectivity index (χ4n) is 5.87. The summed E-state index contributed by atoms with van der Waals surface area (Å²) < 4.78 is 5.56. The predicted octanol–water partition coefficient (Wildman–Crippen LogP) is 12.5. The van der Waals surface area contributed by atoms with Crippen LogP contribution in [-0.4, -0.2) is 0 Å². The van der Waals surface area contributed by atoms with E-state index < -0.39 is 6.12 Å². The molecule has 0 aromatic heterocycles. The summed E-state index contributed by atoms with van der Waals surface area (Å²) in [7, 11) is 0. The molecule has 1 aromatic carbocycles. The molecule has 1 aromatic rings. The van der Waals surface area contributed by atoms with E-state index in [9.17, 15) is 4.89 Å². The van der Waals surface area contributed by atoms with Crippen molar-refractivity contribution in [2.24, 2.45) is 0 Å². The van der Waals surface area contributed by atoms with Crippen LogP contribution < -0.4 is 9.42 Å². The van der Waals surface area contributed by atoms with E-state index in [-0.39, 0.29) is 0 Å². The van der Waals surface area contributed by atoms with Crippen molar-refractivity contribution in [2.45, 2.75) is 194 Å². The fraction of sp³-hybridized carbons (Fsp3) is 0.833. The maximum atomic E-state index is 12.0. The molecule has 0 amide bonds. The minimum absolute atomic E-state index is 0.645. The first kappa shape index (κ1) is 39.1. The zero-order valence-corrected chi connectivity index (χ0v) is 29.6. The van der Waals surface area contributed by atoms with Crippen LogP contribution in [0.4, 0.5) is 0 Å². The van der Waals surface area contributed by atoms with Crippen molar-refractivity contribution in [3.05, 3.63) is 29.3 Å². The Bertz CT molecular complexity index is 707. The molecule has 0 unspecified atom stereocenters. The normalized spacial score (nSPS) is 11.8. The van der Waals surface area contributed by atoms with Gasteiger partial charge in [-0.25, -0.2) is 0 Å². The molecule has 0 aliphatic carbocycles. The molecular formula is C36H65O2PS2-2. The van der Waals surface area contributed by atoms with Gasteiger partial charge in [-0.15, -0.1) is 6.12 Å². The molecule has 1 rings (SSSR count). The van der Waals surface area contributed by atoms with E-state index in [1.165, 1.54) is 166 Å². The summed E-state index contributed by atoms with van der Waals surface area (Å²) in [5, 5.41) is 0. The average molecular weight is 625 g/mol. The number of rotatable bonds is 30. The molecule has 0 bridgehead atoms. The van der Waals surface area contributed by atoms with Crippen LogP contribution in [-0.2, 0) is 37.3 Å². The van der Waals surface area contributed by atoms with Gasteiger partial charge in [0, 0.05) is 0 Å². The maximum absolute atomic E-state index is 12.0. The molecule has 0 saturated heterocycles. The Morgan fingerprint density at radius 1 is 0.512 bits per heavy atom. The van der Waals surface area contributed by atoms with Crippen LogP contribution >= 0.6 is 6.12 Å². The summed E-state index contributed by atoms with van der Waals surface area (Å²) in [6, 6.07) is 6.33. The number of aryl methyl sites for hydroxylation is 2. The van der Waals surface area contributed by atoms with Crippen LogP contribution in [0.2, 0.25) is 0 Å². The zero-order chi connectivity index (χ0) is 29.9. The first-order valence-electron chi connectivity index (χ1n) is 17.8. The molecule has 0 fully saturated rings. The van der Waals surface area contributed by atoms with E-state index in [4.69, 9.17) is 29.0 Å².